The molecule has 2 rings (SSSR count). The molecule has 2 N–H and O–H groups in total. The Labute approximate surface area is 106 Å². The molecule has 1 aromatic carbocycles. The van der Waals surface area contributed by atoms with Crippen molar-refractivity contribution in [3.63, 3.8) is 0 Å². The lowest BCUT2D eigenvalue weighted by Gasteiger charge is -2.14. The third-order valence-corrected chi connectivity index (χ3v) is 2.94. The Morgan fingerprint density at radius 1 is 1.39 bits per heavy atom. The number of fused-ring (bicyclic) bond motifs is 1. The van der Waals surface area contributed by atoms with Crippen LogP contribution < -0.4 is 5.32 Å². The average molecular weight is 244 g/mol. The topological polar surface area (TPSA) is 62.2 Å². The standard InChI is InChI=1S/C14H16N2O2/c1-2-11(9-17)16-14(18)13-12-6-4-3-5-10(12)7-8-15-13/h3-8,11,17H,2,9H2,1H3,(H,16,18)/t11-/m1/s1. The number of benzene rings is 1. The van der Waals surface area contributed by atoms with Crippen molar-refractivity contribution in [3.05, 3.63) is 42.2 Å². The maximum Gasteiger partial charge on any atom is 0.270 e. The van der Waals surface area contributed by atoms with Crippen molar-refractivity contribution in [1.29, 1.82) is 0 Å². The van der Waals surface area contributed by atoms with Crippen LogP contribution in [0.5, 0.6) is 0 Å². The second-order valence-corrected chi connectivity index (χ2v) is 4.14. The van der Waals surface area contributed by atoms with Crippen LogP contribution in [0.15, 0.2) is 36.5 Å². The number of aliphatic hydroxyl groups is 1. The normalized spacial score (nSPS) is 12.3. The summed E-state index contributed by atoms with van der Waals surface area (Å²) < 4.78 is 0. The van der Waals surface area contributed by atoms with Crippen LogP contribution in [-0.2, 0) is 0 Å². The quantitative estimate of drug-likeness (QED) is 0.861. The zero-order chi connectivity index (χ0) is 13.0. The van der Waals surface area contributed by atoms with E-state index >= 15 is 0 Å². The molecule has 0 radical (unpaired) electrons. The molecule has 1 heterocycles. The zero-order valence-corrected chi connectivity index (χ0v) is 10.3. The van der Waals surface area contributed by atoms with Crippen LogP contribution in [0.25, 0.3) is 10.8 Å². The summed E-state index contributed by atoms with van der Waals surface area (Å²) in [6, 6.07) is 9.26. The number of amides is 1. The van der Waals surface area contributed by atoms with Gasteiger partial charge in [0.05, 0.1) is 12.6 Å². The number of pyridine rings is 1. The molecule has 0 spiro atoms. The third-order valence-electron chi connectivity index (χ3n) is 2.94. The molecule has 4 nitrogen and oxygen atoms in total. The number of nitrogens with zero attached hydrogens (tertiary/aromatic N) is 1. The van der Waals surface area contributed by atoms with Gasteiger partial charge in [-0.15, -0.1) is 0 Å². The SMILES string of the molecule is CC[C@H](CO)NC(=O)c1nccc2ccccc12. The number of nitrogens with one attached hydrogen (secondary N) is 1. The van der Waals surface area contributed by atoms with Crippen LogP contribution in [0.1, 0.15) is 23.8 Å². The molecular formula is C14H16N2O2. The summed E-state index contributed by atoms with van der Waals surface area (Å²) in [6.07, 6.45) is 2.31. The third kappa shape index (κ3) is 2.49. The van der Waals surface area contributed by atoms with Crippen LogP contribution in [0.4, 0.5) is 0 Å². The van der Waals surface area contributed by atoms with Gasteiger partial charge in [-0.2, -0.15) is 0 Å². The molecule has 0 aliphatic heterocycles. The highest BCUT2D eigenvalue weighted by Crippen LogP contribution is 2.16. The highest BCUT2D eigenvalue weighted by molar-refractivity contribution is 6.05. The number of aliphatic hydroxyl groups excluding tert-OH is 1. The summed E-state index contributed by atoms with van der Waals surface area (Å²) >= 11 is 0. The van der Waals surface area contributed by atoms with Crippen molar-refractivity contribution in [2.45, 2.75) is 19.4 Å². The lowest BCUT2D eigenvalue weighted by Crippen LogP contribution is -2.37. The van der Waals surface area contributed by atoms with Gasteiger partial charge in [0.2, 0.25) is 0 Å². The van der Waals surface area contributed by atoms with Crippen molar-refractivity contribution in [2.24, 2.45) is 0 Å². The number of carbonyl (C=O) groups is 1. The van der Waals surface area contributed by atoms with Gasteiger partial charge in [0.1, 0.15) is 5.69 Å². The van der Waals surface area contributed by atoms with Crippen molar-refractivity contribution >= 4 is 16.7 Å². The smallest absolute Gasteiger partial charge is 0.270 e. The fourth-order valence-electron chi connectivity index (χ4n) is 1.83. The van der Waals surface area contributed by atoms with Gasteiger partial charge in [0, 0.05) is 11.6 Å². The first-order chi connectivity index (χ1) is 8.76. The molecule has 4 heteroatoms. The minimum Gasteiger partial charge on any atom is -0.394 e. The molecule has 0 saturated carbocycles. The maximum absolute atomic E-state index is 12.1. The Kier molecular flexibility index (Phi) is 3.89. The molecule has 0 saturated heterocycles. The van der Waals surface area contributed by atoms with Gasteiger partial charge in [-0.05, 0) is 17.9 Å². The van der Waals surface area contributed by atoms with Crippen LogP contribution in [0, 0.1) is 0 Å². The first-order valence-electron chi connectivity index (χ1n) is 6.01. The highest BCUT2D eigenvalue weighted by Gasteiger charge is 2.14. The predicted molar refractivity (Wildman–Crippen MR) is 70.4 cm³/mol. The van der Waals surface area contributed by atoms with Crippen molar-refractivity contribution < 1.29 is 9.90 Å². The van der Waals surface area contributed by atoms with Crippen LogP contribution in [0.3, 0.4) is 0 Å². The van der Waals surface area contributed by atoms with E-state index in [0.717, 1.165) is 10.8 Å². The van der Waals surface area contributed by atoms with Crippen LogP contribution in [-0.4, -0.2) is 28.6 Å². The molecule has 0 aliphatic carbocycles. The van der Waals surface area contributed by atoms with Gasteiger partial charge in [0.15, 0.2) is 0 Å². The average Bonchev–Trinajstić information content (AvgIpc) is 2.43. The Morgan fingerprint density at radius 3 is 2.89 bits per heavy atom. The Morgan fingerprint density at radius 2 is 2.17 bits per heavy atom. The molecule has 94 valence electrons. The van der Waals surface area contributed by atoms with E-state index in [1.807, 2.05) is 37.3 Å². The molecule has 0 fully saturated rings. The highest BCUT2D eigenvalue weighted by atomic mass is 16.3. The van der Waals surface area contributed by atoms with E-state index in [2.05, 4.69) is 10.3 Å². The maximum atomic E-state index is 12.1. The molecule has 0 unspecified atom stereocenters. The minimum absolute atomic E-state index is 0.0625. The van der Waals surface area contributed by atoms with E-state index in [-0.39, 0.29) is 18.6 Å². The molecule has 1 amide bonds. The lowest BCUT2D eigenvalue weighted by atomic mass is 10.1. The van der Waals surface area contributed by atoms with Gasteiger partial charge in [-0.25, -0.2) is 0 Å². The predicted octanol–water partition coefficient (Wildman–Crippen LogP) is 1.74. The first-order valence-corrected chi connectivity index (χ1v) is 6.01. The first kappa shape index (κ1) is 12.5. The minimum atomic E-state index is -0.243. The second kappa shape index (κ2) is 5.60. The Hall–Kier alpha value is -1.94. The van der Waals surface area contributed by atoms with E-state index in [9.17, 15) is 4.79 Å². The van der Waals surface area contributed by atoms with Gasteiger partial charge in [0.25, 0.3) is 5.91 Å². The number of rotatable bonds is 4. The van der Waals surface area contributed by atoms with Crippen LogP contribution in [0.2, 0.25) is 0 Å². The molecule has 1 aromatic heterocycles. The number of aromatic nitrogens is 1. The lowest BCUT2D eigenvalue weighted by molar-refractivity contribution is 0.0912. The van der Waals surface area contributed by atoms with Crippen molar-refractivity contribution in [2.75, 3.05) is 6.61 Å². The molecule has 2 aromatic rings. The number of hydrogen-bond donors (Lipinski definition) is 2. The van der Waals surface area contributed by atoms with E-state index in [1.54, 1.807) is 6.20 Å². The van der Waals surface area contributed by atoms with Gasteiger partial charge in [-0.3, -0.25) is 9.78 Å². The molecule has 0 aliphatic rings. The van der Waals surface area contributed by atoms with Crippen molar-refractivity contribution in [3.8, 4) is 0 Å². The summed E-state index contributed by atoms with van der Waals surface area (Å²) in [5, 5.41) is 13.7. The number of hydrogen-bond acceptors (Lipinski definition) is 3. The molecule has 1 atom stereocenters. The summed E-state index contributed by atoms with van der Waals surface area (Å²) in [7, 11) is 0. The summed E-state index contributed by atoms with van der Waals surface area (Å²) in [5.74, 6) is -0.243. The van der Waals surface area contributed by atoms with Gasteiger partial charge in [-0.1, -0.05) is 31.2 Å². The van der Waals surface area contributed by atoms with Gasteiger partial charge >= 0.3 is 0 Å². The molecule has 0 bridgehead atoms. The molecule has 18 heavy (non-hydrogen) atoms. The Balaban J connectivity index is 2.33. The van der Waals surface area contributed by atoms with E-state index < -0.39 is 0 Å². The summed E-state index contributed by atoms with van der Waals surface area (Å²) in [4.78, 5) is 16.2. The Bertz CT molecular complexity index is 545. The van der Waals surface area contributed by atoms with Crippen LogP contribution >= 0.6 is 0 Å². The molecular weight excluding hydrogens is 228 g/mol. The fraction of sp³-hybridized carbons (Fsp3) is 0.286. The summed E-state index contributed by atoms with van der Waals surface area (Å²) in [5.41, 5.74) is 0.403. The van der Waals surface area contributed by atoms with E-state index in [4.69, 9.17) is 5.11 Å². The van der Waals surface area contributed by atoms with E-state index in [1.165, 1.54) is 0 Å². The summed E-state index contributed by atoms with van der Waals surface area (Å²) in [6.45, 7) is 1.85. The van der Waals surface area contributed by atoms with E-state index in [0.29, 0.717) is 12.1 Å². The van der Waals surface area contributed by atoms with Crippen molar-refractivity contribution in [1.82, 2.24) is 10.3 Å². The fourth-order valence-corrected chi connectivity index (χ4v) is 1.83. The largest absolute Gasteiger partial charge is 0.394 e. The zero-order valence-electron chi connectivity index (χ0n) is 10.3. The number of carbonyl (C=O) groups excluding carboxylic acids is 1. The second-order valence-electron chi connectivity index (χ2n) is 4.14. The van der Waals surface area contributed by atoms with Gasteiger partial charge < -0.3 is 10.4 Å². The monoisotopic (exact) mass is 244 g/mol.